The van der Waals surface area contributed by atoms with Crippen molar-refractivity contribution >= 4 is 21.5 Å². The number of hydrogen-bond donors (Lipinski definition) is 0. The van der Waals surface area contributed by atoms with Crippen molar-refractivity contribution in [3.63, 3.8) is 0 Å². The fourth-order valence-corrected chi connectivity index (χ4v) is 3.42. The van der Waals surface area contributed by atoms with E-state index < -0.39 is 0 Å². The summed E-state index contributed by atoms with van der Waals surface area (Å²) >= 11 is 0. The minimum absolute atomic E-state index is 0.356. The largest absolute Gasteiger partial charge is 0.364 e. The first kappa shape index (κ1) is 19.7. The van der Waals surface area contributed by atoms with Crippen molar-refractivity contribution in [3.05, 3.63) is 96.1 Å². The highest BCUT2D eigenvalue weighted by Gasteiger charge is 2.00. The van der Waals surface area contributed by atoms with Crippen molar-refractivity contribution < 1.29 is 9.47 Å². The van der Waals surface area contributed by atoms with E-state index in [-0.39, 0.29) is 0 Å². The fraction of sp³-hybridized carbons (Fsp3) is 0.143. The Morgan fingerprint density at radius 2 is 0.933 bits per heavy atom. The van der Waals surface area contributed by atoms with E-state index in [2.05, 4.69) is 84.3 Å². The summed E-state index contributed by atoms with van der Waals surface area (Å²) in [5, 5.41) is 4.88. The standard InChI is InChI=1S/C28H22O2/c1(7-19-29-21-25-15-9-13-23-11-3-5-17-27(23)25)2-8-20-30-22-26-16-10-14-24-12-4-6-18-28(24)26/h3-6,9-18H,19-22H2. The maximum atomic E-state index is 5.68. The molecule has 0 saturated heterocycles. The third kappa shape index (κ3) is 5.07. The maximum absolute atomic E-state index is 5.68. The zero-order valence-corrected chi connectivity index (χ0v) is 16.7. The Morgan fingerprint density at radius 1 is 0.500 bits per heavy atom. The smallest absolute Gasteiger partial charge is 0.109 e. The molecule has 0 N–H and O–H groups in total. The first-order chi connectivity index (χ1) is 14.9. The molecule has 0 heterocycles. The average molecular weight is 390 g/mol. The van der Waals surface area contributed by atoms with Crippen molar-refractivity contribution in [1.82, 2.24) is 0 Å². The quantitative estimate of drug-likeness (QED) is 0.309. The minimum atomic E-state index is 0.356. The molecule has 4 aromatic carbocycles. The van der Waals surface area contributed by atoms with Crippen molar-refractivity contribution in [3.8, 4) is 23.7 Å². The maximum Gasteiger partial charge on any atom is 0.109 e. The van der Waals surface area contributed by atoms with Crippen molar-refractivity contribution in [2.75, 3.05) is 13.2 Å². The SMILES string of the molecule is C(C#CCOCc1cccc2ccccc12)#CCOCc1cccc2ccccc12. The minimum Gasteiger partial charge on any atom is -0.364 e. The molecule has 0 aliphatic heterocycles. The Labute approximate surface area is 177 Å². The molecule has 0 radical (unpaired) electrons. The summed E-state index contributed by atoms with van der Waals surface area (Å²) in [5.74, 6) is 11.5. The predicted molar refractivity (Wildman–Crippen MR) is 123 cm³/mol. The van der Waals surface area contributed by atoms with Crippen LogP contribution in [-0.2, 0) is 22.7 Å². The zero-order chi connectivity index (χ0) is 20.4. The third-order valence-electron chi connectivity index (χ3n) is 4.86. The summed E-state index contributed by atoms with van der Waals surface area (Å²) in [5.41, 5.74) is 2.34. The molecule has 30 heavy (non-hydrogen) atoms. The molecule has 0 fully saturated rings. The summed E-state index contributed by atoms with van der Waals surface area (Å²) in [6.45, 7) is 1.79. The first-order valence-corrected chi connectivity index (χ1v) is 9.96. The summed E-state index contributed by atoms with van der Waals surface area (Å²) in [4.78, 5) is 0. The molecule has 2 nitrogen and oxygen atoms in total. The molecule has 4 aromatic rings. The molecule has 0 aliphatic carbocycles. The van der Waals surface area contributed by atoms with E-state index in [1.807, 2.05) is 24.3 Å². The number of fused-ring (bicyclic) bond motifs is 2. The average Bonchev–Trinajstić information content (AvgIpc) is 2.80. The van der Waals surface area contributed by atoms with E-state index in [0.29, 0.717) is 26.4 Å². The molecule has 2 heteroatoms. The molecule has 0 atom stereocenters. The topological polar surface area (TPSA) is 18.5 Å². The van der Waals surface area contributed by atoms with Gasteiger partial charge in [-0.25, -0.2) is 0 Å². The molecule has 4 rings (SSSR count). The van der Waals surface area contributed by atoms with E-state index in [1.165, 1.54) is 32.7 Å². The van der Waals surface area contributed by atoms with Crippen LogP contribution < -0.4 is 0 Å². The van der Waals surface area contributed by atoms with Gasteiger partial charge >= 0.3 is 0 Å². The van der Waals surface area contributed by atoms with Crippen LogP contribution in [0.15, 0.2) is 84.9 Å². The first-order valence-electron chi connectivity index (χ1n) is 9.96. The van der Waals surface area contributed by atoms with Gasteiger partial charge in [-0.05, 0) is 44.5 Å². The highest BCUT2D eigenvalue weighted by molar-refractivity contribution is 5.86. The second kappa shape index (κ2) is 10.3. The molecule has 0 aromatic heterocycles. The van der Waals surface area contributed by atoms with Crippen LogP contribution >= 0.6 is 0 Å². The molecule has 0 aliphatic rings. The van der Waals surface area contributed by atoms with Crippen LogP contribution in [0.5, 0.6) is 0 Å². The monoisotopic (exact) mass is 390 g/mol. The second-order valence-corrected chi connectivity index (χ2v) is 6.87. The van der Waals surface area contributed by atoms with Gasteiger partial charge in [0, 0.05) is 0 Å². The Kier molecular flexibility index (Phi) is 6.77. The van der Waals surface area contributed by atoms with Gasteiger partial charge in [-0.15, -0.1) is 0 Å². The summed E-state index contributed by atoms with van der Waals surface area (Å²) < 4.78 is 11.4. The van der Waals surface area contributed by atoms with Gasteiger partial charge in [0.2, 0.25) is 0 Å². The Bertz CT molecular complexity index is 1150. The van der Waals surface area contributed by atoms with Crippen LogP contribution in [0.2, 0.25) is 0 Å². The predicted octanol–water partition coefficient (Wildman–Crippen LogP) is 5.73. The van der Waals surface area contributed by atoms with Crippen molar-refractivity contribution in [2.24, 2.45) is 0 Å². The highest BCUT2D eigenvalue weighted by Crippen LogP contribution is 2.20. The molecular weight excluding hydrogens is 368 g/mol. The Morgan fingerprint density at radius 3 is 1.43 bits per heavy atom. The fourth-order valence-electron chi connectivity index (χ4n) is 3.42. The molecule has 0 unspecified atom stereocenters. The van der Waals surface area contributed by atoms with Gasteiger partial charge < -0.3 is 9.47 Å². The normalized spacial score (nSPS) is 10.3. The molecule has 0 saturated carbocycles. The number of ether oxygens (including phenoxy) is 2. The number of rotatable bonds is 6. The lowest BCUT2D eigenvalue weighted by Crippen LogP contribution is -1.94. The van der Waals surface area contributed by atoms with Crippen molar-refractivity contribution in [2.45, 2.75) is 13.2 Å². The van der Waals surface area contributed by atoms with Crippen LogP contribution in [0.3, 0.4) is 0 Å². The van der Waals surface area contributed by atoms with Gasteiger partial charge in [0.25, 0.3) is 0 Å². The van der Waals surface area contributed by atoms with Gasteiger partial charge in [-0.2, -0.15) is 0 Å². The van der Waals surface area contributed by atoms with E-state index in [0.717, 1.165) is 0 Å². The van der Waals surface area contributed by atoms with Gasteiger partial charge in [-0.3, -0.25) is 0 Å². The van der Waals surface area contributed by atoms with Crippen LogP contribution in [0.25, 0.3) is 21.5 Å². The van der Waals surface area contributed by atoms with Gasteiger partial charge in [-0.1, -0.05) is 96.8 Å². The van der Waals surface area contributed by atoms with E-state index in [4.69, 9.17) is 9.47 Å². The lowest BCUT2D eigenvalue weighted by Gasteiger charge is -2.05. The zero-order valence-electron chi connectivity index (χ0n) is 16.7. The molecule has 0 amide bonds. The van der Waals surface area contributed by atoms with Crippen LogP contribution in [0, 0.1) is 23.7 Å². The van der Waals surface area contributed by atoms with Gasteiger partial charge in [0.1, 0.15) is 13.2 Å². The molecule has 0 bridgehead atoms. The summed E-state index contributed by atoms with van der Waals surface area (Å²) in [6.07, 6.45) is 0. The number of benzene rings is 4. The highest BCUT2D eigenvalue weighted by atomic mass is 16.5. The van der Waals surface area contributed by atoms with Crippen LogP contribution in [-0.4, -0.2) is 13.2 Å². The van der Waals surface area contributed by atoms with E-state index >= 15 is 0 Å². The Balaban J connectivity index is 1.20. The molecule has 0 spiro atoms. The Hall–Kier alpha value is -3.56. The third-order valence-corrected chi connectivity index (χ3v) is 4.86. The second-order valence-electron chi connectivity index (χ2n) is 6.87. The molecular formula is C28H22O2. The van der Waals surface area contributed by atoms with Gasteiger partial charge in [0.05, 0.1) is 13.2 Å². The number of hydrogen-bond acceptors (Lipinski definition) is 2. The van der Waals surface area contributed by atoms with Crippen LogP contribution in [0.1, 0.15) is 11.1 Å². The summed E-state index contributed by atoms with van der Waals surface area (Å²) in [6, 6.07) is 29.1. The van der Waals surface area contributed by atoms with E-state index in [1.54, 1.807) is 0 Å². The lowest BCUT2D eigenvalue weighted by molar-refractivity contribution is 0.154. The summed E-state index contributed by atoms with van der Waals surface area (Å²) in [7, 11) is 0. The van der Waals surface area contributed by atoms with Crippen LogP contribution in [0.4, 0.5) is 0 Å². The van der Waals surface area contributed by atoms with Gasteiger partial charge in [0.15, 0.2) is 0 Å². The lowest BCUT2D eigenvalue weighted by atomic mass is 10.1. The van der Waals surface area contributed by atoms with E-state index in [9.17, 15) is 0 Å². The molecule has 146 valence electrons. The van der Waals surface area contributed by atoms with Crippen molar-refractivity contribution in [1.29, 1.82) is 0 Å².